The van der Waals surface area contributed by atoms with Gasteiger partial charge in [0.15, 0.2) is 0 Å². The Bertz CT molecular complexity index is 1370. The second kappa shape index (κ2) is 9.03. The Morgan fingerprint density at radius 1 is 0.487 bits per heavy atom. The van der Waals surface area contributed by atoms with E-state index in [0.29, 0.717) is 17.8 Å². The maximum absolute atomic E-state index is 2.64. The third-order valence-electron chi connectivity index (χ3n) is 10.2. The second-order valence-corrected chi connectivity index (χ2v) is 31.7. The third kappa shape index (κ3) is 4.35. The van der Waals surface area contributed by atoms with E-state index < -0.39 is 24.2 Å². The molecule has 0 nitrogen and oxygen atoms in total. The van der Waals surface area contributed by atoms with Crippen molar-refractivity contribution in [2.45, 2.75) is 87.3 Å². The summed E-state index contributed by atoms with van der Waals surface area (Å²) in [5, 5.41) is 1.93. The standard InChI is InChI=1S/C36H48Si3/c1-37(2,3)33-28(25-19-13-10-14-20-25)30(33)32-35(39(7,8)9)36(32,27-23-17-12-18-24-27)31-29(34(31)38(4,5)6)26-21-15-11-16-22-26/h10-24,28-31,33-34H,1-9H3. The Morgan fingerprint density at radius 2 is 0.923 bits per heavy atom. The van der Waals surface area contributed by atoms with Gasteiger partial charge in [0.05, 0.1) is 8.07 Å². The summed E-state index contributed by atoms with van der Waals surface area (Å²) in [6.07, 6.45) is 0. The first-order valence-corrected chi connectivity index (χ1v) is 25.9. The molecule has 3 aromatic carbocycles. The van der Waals surface area contributed by atoms with Crippen molar-refractivity contribution in [1.82, 2.24) is 0 Å². The zero-order chi connectivity index (χ0) is 28.0. The molecule has 204 valence electrons. The van der Waals surface area contributed by atoms with Crippen LogP contribution >= 0.6 is 0 Å². The highest BCUT2D eigenvalue weighted by Gasteiger charge is 2.78. The first-order chi connectivity index (χ1) is 18.3. The Morgan fingerprint density at radius 3 is 1.36 bits per heavy atom. The van der Waals surface area contributed by atoms with Gasteiger partial charge in [-0.05, 0) is 51.4 Å². The third-order valence-corrected chi connectivity index (χ3v) is 17.8. The quantitative estimate of drug-likeness (QED) is 0.239. The number of allylic oxidation sites excluding steroid dienone is 2. The van der Waals surface area contributed by atoms with Crippen molar-refractivity contribution < 1.29 is 0 Å². The molecule has 6 rings (SSSR count). The summed E-state index contributed by atoms with van der Waals surface area (Å²) >= 11 is 0. The van der Waals surface area contributed by atoms with Crippen molar-refractivity contribution in [3.8, 4) is 0 Å². The maximum atomic E-state index is 2.64. The van der Waals surface area contributed by atoms with Crippen LogP contribution in [0.5, 0.6) is 0 Å². The van der Waals surface area contributed by atoms with E-state index in [4.69, 9.17) is 0 Å². The second-order valence-electron chi connectivity index (χ2n) is 15.9. The molecule has 0 aliphatic heterocycles. The summed E-state index contributed by atoms with van der Waals surface area (Å²) in [6.45, 7) is 23.7. The van der Waals surface area contributed by atoms with Crippen molar-refractivity contribution in [1.29, 1.82) is 0 Å². The van der Waals surface area contributed by atoms with Gasteiger partial charge >= 0.3 is 0 Å². The molecule has 7 atom stereocenters. The van der Waals surface area contributed by atoms with Crippen molar-refractivity contribution >= 4 is 24.2 Å². The largest absolute Gasteiger partial charge is 0.0740 e. The van der Waals surface area contributed by atoms with E-state index in [2.05, 4.69) is 150 Å². The van der Waals surface area contributed by atoms with Crippen LogP contribution < -0.4 is 0 Å². The van der Waals surface area contributed by atoms with Crippen LogP contribution in [0.15, 0.2) is 102 Å². The summed E-state index contributed by atoms with van der Waals surface area (Å²) in [5.41, 5.74) is 8.53. The summed E-state index contributed by atoms with van der Waals surface area (Å²) in [4.78, 5) is 0. The van der Waals surface area contributed by atoms with Crippen molar-refractivity contribution in [3.05, 3.63) is 118 Å². The molecular formula is C36H48Si3. The maximum Gasteiger partial charge on any atom is 0.0740 e. The van der Waals surface area contributed by atoms with Crippen LogP contribution in [-0.4, -0.2) is 24.2 Å². The van der Waals surface area contributed by atoms with Crippen LogP contribution in [-0.2, 0) is 5.41 Å². The summed E-state index contributed by atoms with van der Waals surface area (Å²) in [6, 6.07) is 35.0. The van der Waals surface area contributed by atoms with Gasteiger partial charge in [-0.15, -0.1) is 0 Å². The van der Waals surface area contributed by atoms with Gasteiger partial charge in [0.2, 0.25) is 0 Å². The van der Waals surface area contributed by atoms with Gasteiger partial charge < -0.3 is 0 Å². The highest BCUT2D eigenvalue weighted by Crippen LogP contribution is 2.84. The summed E-state index contributed by atoms with van der Waals surface area (Å²) in [7, 11) is -4.35. The van der Waals surface area contributed by atoms with Crippen molar-refractivity contribution in [3.63, 3.8) is 0 Å². The van der Waals surface area contributed by atoms with Crippen molar-refractivity contribution in [2.24, 2.45) is 11.8 Å². The van der Waals surface area contributed by atoms with Gasteiger partial charge in [0.1, 0.15) is 0 Å². The molecule has 0 radical (unpaired) electrons. The molecule has 2 saturated carbocycles. The first-order valence-electron chi connectivity index (χ1n) is 15.2. The lowest BCUT2D eigenvalue weighted by Crippen LogP contribution is -2.31. The van der Waals surface area contributed by atoms with E-state index in [-0.39, 0.29) is 5.41 Å². The van der Waals surface area contributed by atoms with Crippen LogP contribution in [0.3, 0.4) is 0 Å². The van der Waals surface area contributed by atoms with Crippen LogP contribution in [0.1, 0.15) is 28.5 Å². The Hall–Kier alpha value is -1.95. The molecular weight excluding hydrogens is 517 g/mol. The van der Waals surface area contributed by atoms with Gasteiger partial charge in [0.25, 0.3) is 0 Å². The molecule has 0 saturated heterocycles. The molecule has 0 heterocycles. The van der Waals surface area contributed by atoms with E-state index in [1.54, 1.807) is 16.7 Å². The average molecular weight is 565 g/mol. The minimum atomic E-state index is -1.58. The Kier molecular flexibility index (Phi) is 6.30. The summed E-state index contributed by atoms with van der Waals surface area (Å²) < 4.78 is 0. The fourth-order valence-electron chi connectivity index (χ4n) is 9.13. The van der Waals surface area contributed by atoms with Gasteiger partial charge in [-0.2, -0.15) is 0 Å². The zero-order valence-corrected chi connectivity index (χ0v) is 28.6. The molecule has 0 amide bonds. The molecule has 0 bridgehead atoms. The fraction of sp³-hybridized carbons (Fsp3) is 0.444. The van der Waals surface area contributed by atoms with Crippen LogP contribution in [0.4, 0.5) is 0 Å². The van der Waals surface area contributed by atoms with Crippen LogP contribution in [0.2, 0.25) is 70.0 Å². The van der Waals surface area contributed by atoms with Crippen LogP contribution in [0, 0.1) is 11.8 Å². The molecule has 0 aromatic heterocycles. The lowest BCUT2D eigenvalue weighted by Gasteiger charge is -2.29. The highest BCUT2D eigenvalue weighted by molar-refractivity contribution is 6.85. The Balaban J connectivity index is 1.55. The van der Waals surface area contributed by atoms with E-state index in [0.717, 1.165) is 17.0 Å². The molecule has 0 N–H and O–H groups in total. The molecule has 2 fully saturated rings. The van der Waals surface area contributed by atoms with E-state index >= 15 is 0 Å². The van der Waals surface area contributed by atoms with Crippen LogP contribution in [0.25, 0.3) is 0 Å². The monoisotopic (exact) mass is 564 g/mol. The fourth-order valence-corrected chi connectivity index (χ4v) is 17.6. The lowest BCUT2D eigenvalue weighted by molar-refractivity contribution is 0.584. The minimum Gasteiger partial charge on any atom is -0.0693 e. The topological polar surface area (TPSA) is 0 Å². The minimum absolute atomic E-state index is 0.170. The lowest BCUT2D eigenvalue weighted by atomic mass is 9.82. The predicted octanol–water partition coefficient (Wildman–Crippen LogP) is 10.4. The van der Waals surface area contributed by atoms with Gasteiger partial charge in [-0.25, -0.2) is 0 Å². The van der Waals surface area contributed by atoms with Gasteiger partial charge in [-0.1, -0.05) is 161 Å². The smallest absolute Gasteiger partial charge is 0.0693 e. The molecule has 39 heavy (non-hydrogen) atoms. The molecule has 3 heteroatoms. The van der Waals surface area contributed by atoms with E-state index in [1.165, 1.54) is 0 Å². The molecule has 3 aromatic rings. The van der Waals surface area contributed by atoms with Gasteiger partial charge in [-0.3, -0.25) is 0 Å². The molecule has 7 unspecified atom stereocenters. The van der Waals surface area contributed by atoms with Gasteiger partial charge in [0, 0.05) is 21.6 Å². The molecule has 3 aliphatic carbocycles. The average Bonchev–Trinajstić information content (AvgIpc) is 3.77. The summed E-state index contributed by atoms with van der Waals surface area (Å²) in [5.74, 6) is 2.82. The van der Waals surface area contributed by atoms with Crippen molar-refractivity contribution in [2.75, 3.05) is 0 Å². The SMILES string of the molecule is C[Si](C)(C)C1=C(C2C(c3ccccc3)C2[Si](C)(C)C)C1(c1ccccc1)C1C(c2ccccc2)C1[Si](C)(C)C. The number of benzene rings is 3. The van der Waals surface area contributed by atoms with E-state index in [9.17, 15) is 0 Å². The zero-order valence-electron chi connectivity index (χ0n) is 25.6. The number of hydrogen-bond donors (Lipinski definition) is 0. The normalized spacial score (nSPS) is 32.2. The molecule has 3 aliphatic rings. The predicted molar refractivity (Wildman–Crippen MR) is 178 cm³/mol. The Labute approximate surface area is 241 Å². The van der Waals surface area contributed by atoms with E-state index in [1.807, 2.05) is 10.8 Å². The highest BCUT2D eigenvalue weighted by atomic mass is 28.3. The first kappa shape index (κ1) is 27.2. The number of rotatable bonds is 8. The molecule has 0 spiro atoms. The number of hydrogen-bond acceptors (Lipinski definition) is 0.